The number of hydrogen-bond acceptors (Lipinski definition) is 4. The number of carbonyl (C=O) groups is 1. The van der Waals surface area contributed by atoms with Crippen LogP contribution in [0.1, 0.15) is 20.8 Å². The minimum absolute atomic E-state index is 0.0821. The van der Waals surface area contributed by atoms with Crippen molar-refractivity contribution in [2.75, 3.05) is 11.9 Å². The molecule has 2 rings (SSSR count). The lowest BCUT2D eigenvalue weighted by molar-refractivity contribution is -0.120. The smallest absolute Gasteiger partial charge is 0.243 e. The molecule has 96 valence electrons. The number of nitrogens with one attached hydrogen (secondary N) is 2. The Bertz CT molecular complexity index is 522. The average molecular weight is 247 g/mol. The molecule has 6 heteroatoms. The van der Waals surface area contributed by atoms with Crippen LogP contribution in [0.4, 0.5) is 5.95 Å². The van der Waals surface area contributed by atoms with E-state index in [4.69, 9.17) is 0 Å². The van der Waals surface area contributed by atoms with Crippen LogP contribution < -0.4 is 10.6 Å². The molecule has 0 saturated heterocycles. The Morgan fingerprint density at radius 1 is 1.39 bits per heavy atom. The van der Waals surface area contributed by atoms with E-state index in [0.717, 1.165) is 5.65 Å². The SMILES string of the molecule is CC(C)(C)NC(=O)CNc1nc2ccccn2n1. The predicted molar refractivity (Wildman–Crippen MR) is 69.4 cm³/mol. The number of aromatic nitrogens is 3. The van der Waals surface area contributed by atoms with Crippen LogP contribution in [0.15, 0.2) is 24.4 Å². The second kappa shape index (κ2) is 4.64. The summed E-state index contributed by atoms with van der Waals surface area (Å²) < 4.78 is 1.66. The molecule has 0 aliphatic heterocycles. The van der Waals surface area contributed by atoms with Crippen molar-refractivity contribution >= 4 is 17.5 Å². The van der Waals surface area contributed by atoms with Gasteiger partial charge in [-0.3, -0.25) is 4.79 Å². The topological polar surface area (TPSA) is 71.3 Å². The summed E-state index contributed by atoms with van der Waals surface area (Å²) >= 11 is 0. The first-order chi connectivity index (χ1) is 8.44. The molecule has 0 bridgehead atoms. The second-order valence-electron chi connectivity index (χ2n) is 5.09. The van der Waals surface area contributed by atoms with Gasteiger partial charge in [0.2, 0.25) is 11.9 Å². The van der Waals surface area contributed by atoms with Crippen molar-refractivity contribution in [3.63, 3.8) is 0 Å². The molecule has 0 aliphatic carbocycles. The van der Waals surface area contributed by atoms with Gasteiger partial charge >= 0.3 is 0 Å². The number of nitrogens with zero attached hydrogens (tertiary/aromatic N) is 3. The molecule has 0 spiro atoms. The van der Waals surface area contributed by atoms with Gasteiger partial charge in [-0.15, -0.1) is 5.10 Å². The van der Waals surface area contributed by atoms with E-state index in [1.54, 1.807) is 4.52 Å². The summed E-state index contributed by atoms with van der Waals surface area (Å²) in [6, 6.07) is 5.62. The minimum atomic E-state index is -0.231. The normalized spacial score (nSPS) is 11.5. The van der Waals surface area contributed by atoms with E-state index >= 15 is 0 Å². The van der Waals surface area contributed by atoms with Gasteiger partial charge in [-0.1, -0.05) is 6.07 Å². The first-order valence-electron chi connectivity index (χ1n) is 5.80. The third-order valence-electron chi connectivity index (χ3n) is 2.16. The highest BCUT2D eigenvalue weighted by atomic mass is 16.2. The van der Waals surface area contributed by atoms with Crippen LogP contribution in [0.3, 0.4) is 0 Å². The van der Waals surface area contributed by atoms with Crippen LogP contribution >= 0.6 is 0 Å². The molecule has 0 atom stereocenters. The van der Waals surface area contributed by atoms with Gasteiger partial charge in [-0.05, 0) is 32.9 Å². The van der Waals surface area contributed by atoms with Crippen molar-refractivity contribution in [2.45, 2.75) is 26.3 Å². The Kier molecular flexibility index (Phi) is 3.18. The van der Waals surface area contributed by atoms with Crippen LogP contribution in [0.25, 0.3) is 5.65 Å². The molecular weight excluding hydrogens is 230 g/mol. The molecule has 0 unspecified atom stereocenters. The van der Waals surface area contributed by atoms with Crippen LogP contribution in [-0.4, -0.2) is 32.6 Å². The van der Waals surface area contributed by atoms with Crippen molar-refractivity contribution in [3.8, 4) is 0 Å². The first kappa shape index (κ1) is 12.3. The largest absolute Gasteiger partial charge is 0.350 e. The summed E-state index contributed by atoms with van der Waals surface area (Å²) in [5, 5.41) is 9.96. The predicted octanol–water partition coefficient (Wildman–Crippen LogP) is 1.06. The summed E-state index contributed by atoms with van der Waals surface area (Å²) in [5.41, 5.74) is 0.515. The molecule has 0 aliphatic rings. The Hall–Kier alpha value is -2.11. The standard InChI is InChI=1S/C12H17N5O/c1-12(2,3)15-10(18)8-13-11-14-9-6-4-5-7-17(9)16-11/h4-7H,8H2,1-3H3,(H,13,16)(H,15,18). The Morgan fingerprint density at radius 3 is 2.83 bits per heavy atom. The maximum absolute atomic E-state index is 11.6. The third-order valence-corrected chi connectivity index (χ3v) is 2.16. The molecule has 2 N–H and O–H groups in total. The monoisotopic (exact) mass is 247 g/mol. The molecule has 0 fully saturated rings. The maximum atomic E-state index is 11.6. The van der Waals surface area contributed by atoms with Gasteiger partial charge in [-0.2, -0.15) is 4.98 Å². The molecule has 6 nitrogen and oxygen atoms in total. The maximum Gasteiger partial charge on any atom is 0.243 e. The van der Waals surface area contributed by atoms with E-state index in [-0.39, 0.29) is 18.0 Å². The van der Waals surface area contributed by atoms with Gasteiger partial charge in [0.15, 0.2) is 5.65 Å². The van der Waals surface area contributed by atoms with Crippen LogP contribution in [0.5, 0.6) is 0 Å². The van der Waals surface area contributed by atoms with Crippen molar-refractivity contribution in [1.29, 1.82) is 0 Å². The molecule has 0 aromatic carbocycles. The minimum Gasteiger partial charge on any atom is -0.350 e. The van der Waals surface area contributed by atoms with E-state index < -0.39 is 0 Å². The van der Waals surface area contributed by atoms with Gasteiger partial charge in [0.25, 0.3) is 0 Å². The fourth-order valence-electron chi connectivity index (χ4n) is 1.53. The molecule has 0 saturated carbocycles. The Labute approximate surface area is 105 Å². The number of rotatable bonds is 3. The summed E-state index contributed by atoms with van der Waals surface area (Å²) in [7, 11) is 0. The van der Waals surface area contributed by atoms with Crippen molar-refractivity contribution in [2.24, 2.45) is 0 Å². The Balaban J connectivity index is 1.96. The number of anilines is 1. The molecule has 18 heavy (non-hydrogen) atoms. The molecule has 0 radical (unpaired) electrons. The van der Waals surface area contributed by atoms with E-state index in [2.05, 4.69) is 20.7 Å². The Morgan fingerprint density at radius 2 is 2.17 bits per heavy atom. The first-order valence-corrected chi connectivity index (χ1v) is 5.80. The van der Waals surface area contributed by atoms with Crippen molar-refractivity contribution < 1.29 is 4.79 Å². The molecule has 2 heterocycles. The quantitative estimate of drug-likeness (QED) is 0.850. The van der Waals surface area contributed by atoms with E-state index in [9.17, 15) is 4.79 Å². The zero-order valence-electron chi connectivity index (χ0n) is 10.8. The summed E-state index contributed by atoms with van der Waals surface area (Å²) in [4.78, 5) is 15.9. The highest BCUT2D eigenvalue weighted by Crippen LogP contribution is 2.04. The van der Waals surface area contributed by atoms with Crippen LogP contribution in [0.2, 0.25) is 0 Å². The number of hydrogen-bond donors (Lipinski definition) is 2. The van der Waals surface area contributed by atoms with E-state index in [1.165, 1.54) is 0 Å². The zero-order valence-corrected chi connectivity index (χ0v) is 10.8. The number of carbonyl (C=O) groups excluding carboxylic acids is 1. The van der Waals surface area contributed by atoms with E-state index in [0.29, 0.717) is 5.95 Å². The second-order valence-corrected chi connectivity index (χ2v) is 5.09. The molecule has 2 aromatic rings. The van der Waals surface area contributed by atoms with Gasteiger partial charge < -0.3 is 10.6 Å². The number of pyridine rings is 1. The summed E-state index contributed by atoms with van der Waals surface area (Å²) in [6.07, 6.45) is 1.81. The van der Waals surface area contributed by atoms with E-state index in [1.807, 2.05) is 45.2 Å². The lowest BCUT2D eigenvalue weighted by Crippen LogP contribution is -2.43. The van der Waals surface area contributed by atoms with Crippen LogP contribution in [-0.2, 0) is 4.79 Å². The highest BCUT2D eigenvalue weighted by molar-refractivity contribution is 5.80. The molecule has 2 aromatic heterocycles. The molecule has 1 amide bonds. The zero-order chi connectivity index (χ0) is 13.2. The summed E-state index contributed by atoms with van der Waals surface area (Å²) in [6.45, 7) is 5.98. The fraction of sp³-hybridized carbons (Fsp3) is 0.417. The highest BCUT2D eigenvalue weighted by Gasteiger charge is 2.13. The average Bonchev–Trinajstić information content (AvgIpc) is 2.66. The third kappa shape index (κ3) is 3.19. The van der Waals surface area contributed by atoms with Gasteiger partial charge in [0.05, 0.1) is 6.54 Å². The van der Waals surface area contributed by atoms with Crippen molar-refractivity contribution in [1.82, 2.24) is 19.9 Å². The van der Waals surface area contributed by atoms with Crippen LogP contribution in [0, 0.1) is 0 Å². The van der Waals surface area contributed by atoms with Gasteiger partial charge in [0.1, 0.15) is 0 Å². The number of amides is 1. The fourth-order valence-corrected chi connectivity index (χ4v) is 1.53. The van der Waals surface area contributed by atoms with Gasteiger partial charge in [-0.25, -0.2) is 4.52 Å². The number of fused-ring (bicyclic) bond motifs is 1. The molecular formula is C12H17N5O. The lowest BCUT2D eigenvalue weighted by Gasteiger charge is -2.20. The summed E-state index contributed by atoms with van der Waals surface area (Å²) in [5.74, 6) is 0.367. The van der Waals surface area contributed by atoms with Gasteiger partial charge in [0, 0.05) is 11.7 Å². The van der Waals surface area contributed by atoms with Crippen molar-refractivity contribution in [3.05, 3.63) is 24.4 Å². The lowest BCUT2D eigenvalue weighted by atomic mass is 10.1.